The summed E-state index contributed by atoms with van der Waals surface area (Å²) in [6, 6.07) is 15.4. The Hall–Kier alpha value is -2.33. The fourth-order valence-electron chi connectivity index (χ4n) is 2.67. The van der Waals surface area contributed by atoms with Gasteiger partial charge in [-0.1, -0.05) is 30.3 Å². The summed E-state index contributed by atoms with van der Waals surface area (Å²) in [7, 11) is 1.61. The molecule has 0 aliphatic heterocycles. The molecule has 21 heavy (non-hydrogen) atoms. The standard InChI is InChI=1S/C17H18N2O2/c1-3-19-14-10-6-5-9-13(14)18-17(19)16(20)12-8-4-7-11-15(12)21-2/h4-11,16,20H,3H2,1-2H3/t16-/m1/s1. The number of hydrogen-bond acceptors (Lipinski definition) is 3. The second-order valence-electron chi connectivity index (χ2n) is 4.85. The Kier molecular flexibility index (Phi) is 3.62. The van der Waals surface area contributed by atoms with Crippen LogP contribution in [0.15, 0.2) is 48.5 Å². The van der Waals surface area contributed by atoms with Gasteiger partial charge in [0.2, 0.25) is 0 Å². The molecule has 0 radical (unpaired) electrons. The molecule has 0 saturated carbocycles. The number of para-hydroxylation sites is 3. The van der Waals surface area contributed by atoms with Gasteiger partial charge in [-0.3, -0.25) is 0 Å². The summed E-state index contributed by atoms with van der Waals surface area (Å²) in [6.07, 6.45) is -0.812. The molecule has 3 rings (SSSR count). The number of methoxy groups -OCH3 is 1. The van der Waals surface area contributed by atoms with Crippen molar-refractivity contribution in [3.05, 3.63) is 59.9 Å². The fraction of sp³-hybridized carbons (Fsp3) is 0.235. The van der Waals surface area contributed by atoms with Crippen molar-refractivity contribution in [1.82, 2.24) is 9.55 Å². The summed E-state index contributed by atoms with van der Waals surface area (Å²) in [6.45, 7) is 2.80. The number of aliphatic hydroxyl groups excluding tert-OH is 1. The summed E-state index contributed by atoms with van der Waals surface area (Å²) < 4.78 is 7.37. The second kappa shape index (κ2) is 5.58. The van der Waals surface area contributed by atoms with Gasteiger partial charge in [-0.2, -0.15) is 0 Å². The number of nitrogens with zero attached hydrogens (tertiary/aromatic N) is 2. The summed E-state index contributed by atoms with van der Waals surface area (Å²) in [5, 5.41) is 10.8. The van der Waals surface area contributed by atoms with Crippen LogP contribution in [-0.4, -0.2) is 21.8 Å². The van der Waals surface area contributed by atoms with Crippen LogP contribution in [0.2, 0.25) is 0 Å². The molecule has 3 aromatic rings. The third-order valence-corrected chi connectivity index (χ3v) is 3.68. The van der Waals surface area contributed by atoms with Gasteiger partial charge in [-0.15, -0.1) is 0 Å². The van der Waals surface area contributed by atoms with Crippen LogP contribution in [0, 0.1) is 0 Å². The molecule has 108 valence electrons. The molecule has 0 unspecified atom stereocenters. The topological polar surface area (TPSA) is 47.3 Å². The van der Waals surface area contributed by atoms with E-state index in [-0.39, 0.29) is 0 Å². The van der Waals surface area contributed by atoms with Gasteiger partial charge in [0, 0.05) is 12.1 Å². The fourth-order valence-corrected chi connectivity index (χ4v) is 2.67. The Bertz CT molecular complexity index is 764. The normalized spacial score (nSPS) is 12.5. The first-order valence-electron chi connectivity index (χ1n) is 7.02. The maximum Gasteiger partial charge on any atom is 0.143 e. The van der Waals surface area contributed by atoms with Crippen LogP contribution in [0.1, 0.15) is 24.4 Å². The maximum atomic E-state index is 10.8. The zero-order chi connectivity index (χ0) is 14.8. The zero-order valence-electron chi connectivity index (χ0n) is 12.2. The van der Waals surface area contributed by atoms with Gasteiger partial charge in [0.05, 0.1) is 18.1 Å². The van der Waals surface area contributed by atoms with Crippen molar-refractivity contribution in [3.63, 3.8) is 0 Å². The lowest BCUT2D eigenvalue weighted by molar-refractivity contribution is 0.200. The number of hydrogen-bond donors (Lipinski definition) is 1. The number of imidazole rings is 1. The average Bonchev–Trinajstić information content (AvgIpc) is 2.92. The van der Waals surface area contributed by atoms with E-state index in [4.69, 9.17) is 4.74 Å². The first-order chi connectivity index (χ1) is 10.3. The van der Waals surface area contributed by atoms with E-state index in [0.717, 1.165) is 23.1 Å². The maximum absolute atomic E-state index is 10.8. The number of rotatable bonds is 4. The lowest BCUT2D eigenvalue weighted by Crippen LogP contribution is -2.10. The van der Waals surface area contributed by atoms with Crippen LogP contribution < -0.4 is 4.74 Å². The van der Waals surface area contributed by atoms with Crippen LogP contribution in [0.4, 0.5) is 0 Å². The molecule has 0 saturated heterocycles. The molecular weight excluding hydrogens is 264 g/mol. The Morgan fingerprint density at radius 3 is 2.62 bits per heavy atom. The summed E-state index contributed by atoms with van der Waals surface area (Å²) in [4.78, 5) is 4.59. The van der Waals surface area contributed by atoms with Gasteiger partial charge in [0.15, 0.2) is 0 Å². The van der Waals surface area contributed by atoms with E-state index in [2.05, 4.69) is 4.98 Å². The van der Waals surface area contributed by atoms with Crippen LogP contribution in [0.25, 0.3) is 11.0 Å². The number of aromatic nitrogens is 2. The zero-order valence-corrected chi connectivity index (χ0v) is 12.2. The van der Waals surface area contributed by atoms with E-state index >= 15 is 0 Å². The van der Waals surface area contributed by atoms with Crippen molar-refractivity contribution >= 4 is 11.0 Å². The molecule has 0 amide bonds. The molecule has 2 aromatic carbocycles. The van der Waals surface area contributed by atoms with Crippen molar-refractivity contribution < 1.29 is 9.84 Å². The van der Waals surface area contributed by atoms with Gasteiger partial charge in [0.25, 0.3) is 0 Å². The third-order valence-electron chi connectivity index (χ3n) is 3.68. The first kappa shape index (κ1) is 13.6. The molecular formula is C17H18N2O2. The summed E-state index contributed by atoms with van der Waals surface area (Å²) in [5.41, 5.74) is 2.65. The monoisotopic (exact) mass is 282 g/mol. The molecule has 1 N–H and O–H groups in total. The van der Waals surface area contributed by atoms with E-state index in [1.807, 2.05) is 60.0 Å². The van der Waals surface area contributed by atoms with Crippen LogP contribution in [-0.2, 0) is 6.54 Å². The molecule has 0 spiro atoms. The van der Waals surface area contributed by atoms with E-state index in [0.29, 0.717) is 11.6 Å². The van der Waals surface area contributed by atoms with Crippen LogP contribution in [0.3, 0.4) is 0 Å². The number of aryl methyl sites for hydroxylation is 1. The predicted octanol–water partition coefficient (Wildman–Crippen LogP) is 3.15. The van der Waals surface area contributed by atoms with Gasteiger partial charge in [-0.25, -0.2) is 4.98 Å². The minimum atomic E-state index is -0.812. The highest BCUT2D eigenvalue weighted by atomic mass is 16.5. The van der Waals surface area contributed by atoms with Gasteiger partial charge >= 0.3 is 0 Å². The van der Waals surface area contributed by atoms with Gasteiger partial charge < -0.3 is 14.4 Å². The predicted molar refractivity (Wildman–Crippen MR) is 82.5 cm³/mol. The van der Waals surface area contributed by atoms with Crippen molar-refractivity contribution in [2.45, 2.75) is 19.6 Å². The Balaban J connectivity index is 2.15. The highest BCUT2D eigenvalue weighted by Gasteiger charge is 2.21. The van der Waals surface area contributed by atoms with Gasteiger partial charge in [-0.05, 0) is 25.1 Å². The molecule has 0 aliphatic rings. The van der Waals surface area contributed by atoms with Crippen LogP contribution in [0.5, 0.6) is 5.75 Å². The van der Waals surface area contributed by atoms with Crippen molar-refractivity contribution in [3.8, 4) is 5.75 Å². The molecule has 0 fully saturated rings. The highest BCUT2D eigenvalue weighted by Crippen LogP contribution is 2.31. The van der Waals surface area contributed by atoms with Crippen molar-refractivity contribution in [1.29, 1.82) is 0 Å². The average molecular weight is 282 g/mol. The van der Waals surface area contributed by atoms with E-state index in [9.17, 15) is 5.11 Å². The van der Waals surface area contributed by atoms with Crippen molar-refractivity contribution in [2.75, 3.05) is 7.11 Å². The summed E-state index contributed by atoms with van der Waals surface area (Å²) >= 11 is 0. The highest BCUT2D eigenvalue weighted by molar-refractivity contribution is 5.76. The van der Waals surface area contributed by atoms with E-state index < -0.39 is 6.10 Å². The minimum absolute atomic E-state index is 0.642. The number of aliphatic hydroxyl groups is 1. The quantitative estimate of drug-likeness (QED) is 0.799. The number of benzene rings is 2. The SMILES string of the molecule is CCn1c([C@H](O)c2ccccc2OC)nc2ccccc21. The Morgan fingerprint density at radius 1 is 1.14 bits per heavy atom. The van der Waals surface area contributed by atoms with Crippen LogP contribution >= 0.6 is 0 Å². The number of ether oxygens (including phenoxy) is 1. The molecule has 4 heteroatoms. The first-order valence-corrected chi connectivity index (χ1v) is 7.02. The second-order valence-corrected chi connectivity index (χ2v) is 4.85. The molecule has 1 heterocycles. The largest absolute Gasteiger partial charge is 0.496 e. The van der Waals surface area contributed by atoms with Crippen molar-refractivity contribution in [2.24, 2.45) is 0 Å². The molecule has 4 nitrogen and oxygen atoms in total. The smallest absolute Gasteiger partial charge is 0.143 e. The third kappa shape index (κ3) is 2.28. The lowest BCUT2D eigenvalue weighted by Gasteiger charge is -2.15. The molecule has 0 aliphatic carbocycles. The molecule has 1 atom stereocenters. The lowest BCUT2D eigenvalue weighted by atomic mass is 10.1. The van der Waals surface area contributed by atoms with E-state index in [1.54, 1.807) is 7.11 Å². The summed E-state index contributed by atoms with van der Waals surface area (Å²) in [5.74, 6) is 1.31. The molecule has 0 bridgehead atoms. The van der Waals surface area contributed by atoms with E-state index in [1.165, 1.54) is 0 Å². The molecule has 1 aromatic heterocycles. The Labute approximate surface area is 123 Å². The Morgan fingerprint density at radius 2 is 1.86 bits per heavy atom. The minimum Gasteiger partial charge on any atom is -0.496 e. The van der Waals surface area contributed by atoms with Gasteiger partial charge in [0.1, 0.15) is 17.7 Å². The number of fused-ring (bicyclic) bond motifs is 1.